The van der Waals surface area contributed by atoms with Gasteiger partial charge in [-0.2, -0.15) is 0 Å². The third-order valence-electron chi connectivity index (χ3n) is 7.62. The molecule has 1 aliphatic heterocycles. The molecule has 1 amide bonds. The summed E-state index contributed by atoms with van der Waals surface area (Å²) in [5.41, 5.74) is 7.44. The Kier molecular flexibility index (Phi) is 6.63. The van der Waals surface area contributed by atoms with Crippen LogP contribution in [0.15, 0.2) is 73.8 Å². The third-order valence-corrected chi connectivity index (χ3v) is 7.62. The van der Waals surface area contributed by atoms with Crippen LogP contribution in [-0.4, -0.2) is 56.5 Å². The molecule has 0 saturated carbocycles. The van der Waals surface area contributed by atoms with Gasteiger partial charge < -0.3 is 19.7 Å². The first kappa shape index (κ1) is 25.5. The van der Waals surface area contributed by atoms with E-state index in [1.807, 2.05) is 35.0 Å². The zero-order valence-electron chi connectivity index (χ0n) is 22.6. The van der Waals surface area contributed by atoms with Gasteiger partial charge in [-0.3, -0.25) is 4.79 Å². The second-order valence-corrected chi connectivity index (χ2v) is 10.2. The number of hydrogen-bond donors (Lipinski definition) is 1. The molecule has 202 valence electrons. The van der Waals surface area contributed by atoms with Gasteiger partial charge in [0, 0.05) is 38.9 Å². The molecule has 0 aliphatic carbocycles. The maximum absolute atomic E-state index is 16.0. The van der Waals surface area contributed by atoms with E-state index in [0.717, 1.165) is 28.7 Å². The Labute approximate surface area is 231 Å². The summed E-state index contributed by atoms with van der Waals surface area (Å²) in [6, 6.07) is 16.1. The summed E-state index contributed by atoms with van der Waals surface area (Å²) in [7, 11) is 1.99. The van der Waals surface area contributed by atoms with Crippen molar-refractivity contribution >= 4 is 45.0 Å². The number of nitrogens with one attached hydrogen (secondary N) is 1. The van der Waals surface area contributed by atoms with E-state index in [0.29, 0.717) is 48.6 Å². The van der Waals surface area contributed by atoms with Crippen molar-refractivity contribution in [3.63, 3.8) is 0 Å². The van der Waals surface area contributed by atoms with E-state index in [1.165, 1.54) is 23.5 Å². The molecule has 40 heavy (non-hydrogen) atoms. The van der Waals surface area contributed by atoms with Crippen molar-refractivity contribution in [2.24, 2.45) is 7.05 Å². The molecule has 5 aromatic rings. The second kappa shape index (κ2) is 10.4. The van der Waals surface area contributed by atoms with Gasteiger partial charge in [-0.1, -0.05) is 18.7 Å². The number of nitrogens with zero attached hydrogens (tertiary/aromatic N) is 6. The molecular weight excluding hydrogens is 505 g/mol. The highest BCUT2D eigenvalue weighted by molar-refractivity contribution is 5.94. The highest BCUT2D eigenvalue weighted by atomic mass is 19.1. The fourth-order valence-corrected chi connectivity index (χ4v) is 5.36. The predicted octanol–water partition coefficient (Wildman–Crippen LogP) is 5.13. The zero-order valence-corrected chi connectivity index (χ0v) is 22.6. The van der Waals surface area contributed by atoms with Gasteiger partial charge in [-0.25, -0.2) is 19.3 Å². The summed E-state index contributed by atoms with van der Waals surface area (Å²) in [5, 5.41) is 3.66. The SMILES string of the molecule is C=CC(=O)N1CCN(c2ccc3ncnc(Nc4ccc(Cc5ccc6c(c5)ncn6C)c(C)c4)c3c2F)CC1. The van der Waals surface area contributed by atoms with Gasteiger partial charge in [0.15, 0.2) is 5.82 Å². The lowest BCUT2D eigenvalue weighted by Gasteiger charge is -2.35. The summed E-state index contributed by atoms with van der Waals surface area (Å²) in [4.78, 5) is 28.8. The monoisotopic (exact) mass is 535 g/mol. The van der Waals surface area contributed by atoms with Crippen molar-refractivity contribution in [1.82, 2.24) is 24.4 Å². The minimum Gasteiger partial charge on any atom is -0.366 e. The van der Waals surface area contributed by atoms with Crippen molar-refractivity contribution < 1.29 is 9.18 Å². The first-order chi connectivity index (χ1) is 19.4. The molecule has 1 aliphatic rings. The quantitative estimate of drug-likeness (QED) is 0.304. The molecule has 1 fully saturated rings. The van der Waals surface area contributed by atoms with E-state index in [4.69, 9.17) is 0 Å². The van der Waals surface area contributed by atoms with Gasteiger partial charge in [-0.05, 0) is 72.5 Å². The Morgan fingerprint density at radius 2 is 1.85 bits per heavy atom. The summed E-state index contributed by atoms with van der Waals surface area (Å²) in [6.07, 6.45) is 5.38. The van der Waals surface area contributed by atoms with Crippen LogP contribution in [0, 0.1) is 12.7 Å². The Balaban J connectivity index is 1.24. The first-order valence-electron chi connectivity index (χ1n) is 13.3. The number of piperazine rings is 1. The summed E-state index contributed by atoms with van der Waals surface area (Å²) in [6.45, 7) is 7.73. The molecule has 0 atom stereocenters. The van der Waals surface area contributed by atoms with Crippen LogP contribution in [0.25, 0.3) is 21.9 Å². The summed E-state index contributed by atoms with van der Waals surface area (Å²) in [5.74, 6) is -0.0611. The summed E-state index contributed by atoms with van der Waals surface area (Å²) < 4.78 is 18.0. The number of anilines is 3. The maximum Gasteiger partial charge on any atom is 0.246 e. The first-order valence-corrected chi connectivity index (χ1v) is 13.3. The molecule has 1 N–H and O–H groups in total. The normalized spacial score (nSPS) is 13.7. The molecule has 3 aromatic carbocycles. The Morgan fingerprint density at radius 3 is 2.62 bits per heavy atom. The fourth-order valence-electron chi connectivity index (χ4n) is 5.36. The van der Waals surface area contributed by atoms with Crippen molar-refractivity contribution in [3.05, 3.63) is 96.3 Å². The number of rotatable bonds is 6. The van der Waals surface area contributed by atoms with Gasteiger partial charge >= 0.3 is 0 Å². The van der Waals surface area contributed by atoms with E-state index < -0.39 is 0 Å². The molecule has 0 spiro atoms. The van der Waals surface area contributed by atoms with Crippen molar-refractivity contribution in [1.29, 1.82) is 0 Å². The van der Waals surface area contributed by atoms with Crippen LogP contribution in [0.4, 0.5) is 21.6 Å². The van der Waals surface area contributed by atoms with Crippen molar-refractivity contribution in [2.45, 2.75) is 13.3 Å². The van der Waals surface area contributed by atoms with Crippen LogP contribution in [-0.2, 0) is 18.3 Å². The maximum atomic E-state index is 16.0. The smallest absolute Gasteiger partial charge is 0.246 e. The number of carbonyl (C=O) groups is 1. The Hall–Kier alpha value is -4.79. The average molecular weight is 536 g/mol. The molecule has 1 saturated heterocycles. The lowest BCUT2D eigenvalue weighted by molar-refractivity contribution is -0.126. The number of fused-ring (bicyclic) bond motifs is 2. The molecule has 6 rings (SSSR count). The van der Waals surface area contributed by atoms with E-state index >= 15 is 4.39 Å². The van der Waals surface area contributed by atoms with E-state index in [2.05, 4.69) is 64.1 Å². The number of hydrogen-bond acceptors (Lipinski definition) is 6. The molecule has 9 heteroatoms. The molecule has 3 heterocycles. The van der Waals surface area contributed by atoms with Crippen molar-refractivity contribution in [3.8, 4) is 0 Å². The minimum absolute atomic E-state index is 0.103. The van der Waals surface area contributed by atoms with Crippen LogP contribution in [0.3, 0.4) is 0 Å². The highest BCUT2D eigenvalue weighted by Crippen LogP contribution is 2.33. The second-order valence-electron chi connectivity index (χ2n) is 10.2. The largest absolute Gasteiger partial charge is 0.366 e. The number of aromatic nitrogens is 4. The molecular formula is C31H30FN7O. The number of imidazole rings is 1. The predicted molar refractivity (Wildman–Crippen MR) is 156 cm³/mol. The number of carbonyl (C=O) groups excluding carboxylic acids is 1. The molecule has 8 nitrogen and oxygen atoms in total. The number of halogens is 1. The number of aryl methyl sites for hydroxylation is 2. The highest BCUT2D eigenvalue weighted by Gasteiger charge is 2.23. The van der Waals surface area contributed by atoms with Crippen LogP contribution in [0.1, 0.15) is 16.7 Å². The van der Waals surface area contributed by atoms with Crippen molar-refractivity contribution in [2.75, 3.05) is 36.4 Å². The van der Waals surface area contributed by atoms with Crippen LogP contribution >= 0.6 is 0 Å². The van der Waals surface area contributed by atoms with Gasteiger partial charge in [0.25, 0.3) is 0 Å². The van der Waals surface area contributed by atoms with Gasteiger partial charge in [0.05, 0.1) is 34.0 Å². The van der Waals surface area contributed by atoms with Gasteiger partial charge in [0.2, 0.25) is 5.91 Å². The Morgan fingerprint density at radius 1 is 1.02 bits per heavy atom. The molecule has 0 unspecified atom stereocenters. The lowest BCUT2D eigenvalue weighted by atomic mass is 9.99. The van der Waals surface area contributed by atoms with Gasteiger partial charge in [0.1, 0.15) is 12.1 Å². The minimum atomic E-state index is -0.373. The zero-order chi connectivity index (χ0) is 27.8. The molecule has 0 bridgehead atoms. The number of benzene rings is 3. The van der Waals surface area contributed by atoms with E-state index in [-0.39, 0.29) is 11.7 Å². The van der Waals surface area contributed by atoms with Gasteiger partial charge in [-0.15, -0.1) is 0 Å². The average Bonchev–Trinajstić information content (AvgIpc) is 3.34. The van der Waals surface area contributed by atoms with Crippen LogP contribution in [0.2, 0.25) is 0 Å². The standard InChI is InChI=1S/C31H30FN7O/c1-4-28(40)39-13-11-38(12-14-39)27-10-8-24-29(30(27)32)31(34-18-33-24)36-23-7-6-22(20(2)15-23)16-21-5-9-26-25(17-21)35-19-37(26)3/h4-10,15,17-19H,1,11-14,16H2,2-3H3,(H,33,34,36). The van der Waals surface area contributed by atoms with E-state index in [9.17, 15) is 4.79 Å². The lowest BCUT2D eigenvalue weighted by Crippen LogP contribution is -2.48. The fraction of sp³-hybridized carbons (Fsp3) is 0.226. The van der Waals surface area contributed by atoms with Crippen LogP contribution < -0.4 is 10.2 Å². The Bertz CT molecular complexity index is 1750. The molecule has 0 radical (unpaired) electrons. The topological polar surface area (TPSA) is 79.2 Å². The summed E-state index contributed by atoms with van der Waals surface area (Å²) >= 11 is 0. The van der Waals surface area contributed by atoms with E-state index in [1.54, 1.807) is 11.0 Å². The molecule has 2 aromatic heterocycles. The van der Waals surface area contributed by atoms with Crippen LogP contribution in [0.5, 0.6) is 0 Å². The number of amides is 1. The third kappa shape index (κ3) is 4.75.